The Morgan fingerprint density at radius 3 is 3.10 bits per heavy atom. The Labute approximate surface area is 137 Å². The highest BCUT2D eigenvalue weighted by molar-refractivity contribution is 9.10. The SMILES string of the molecule is Cc1csc(C(C)NC2CCCOc3cc(Br)ccc32)n1. The van der Waals surface area contributed by atoms with Gasteiger partial charge < -0.3 is 10.1 Å². The molecule has 1 N–H and O–H groups in total. The molecule has 0 radical (unpaired) electrons. The largest absolute Gasteiger partial charge is 0.493 e. The van der Waals surface area contributed by atoms with Gasteiger partial charge in [0.25, 0.3) is 0 Å². The average Bonchev–Trinajstić information content (AvgIpc) is 2.79. The molecular formula is C16H19BrN2OS. The summed E-state index contributed by atoms with van der Waals surface area (Å²) in [6.45, 7) is 5.01. The summed E-state index contributed by atoms with van der Waals surface area (Å²) in [5, 5.41) is 6.97. The fourth-order valence-electron chi connectivity index (χ4n) is 2.66. The Morgan fingerprint density at radius 2 is 2.33 bits per heavy atom. The molecule has 0 fully saturated rings. The minimum atomic E-state index is 0.253. The van der Waals surface area contributed by atoms with E-state index in [-0.39, 0.29) is 6.04 Å². The van der Waals surface area contributed by atoms with E-state index < -0.39 is 0 Å². The van der Waals surface area contributed by atoms with Crippen LogP contribution in [0.3, 0.4) is 0 Å². The van der Waals surface area contributed by atoms with Gasteiger partial charge in [-0.2, -0.15) is 0 Å². The van der Waals surface area contributed by atoms with Crippen molar-refractivity contribution in [1.82, 2.24) is 10.3 Å². The Morgan fingerprint density at radius 1 is 1.48 bits per heavy atom. The van der Waals surface area contributed by atoms with Gasteiger partial charge in [0.15, 0.2) is 0 Å². The summed E-state index contributed by atoms with van der Waals surface area (Å²) in [7, 11) is 0. The molecule has 0 aliphatic carbocycles. The predicted molar refractivity (Wildman–Crippen MR) is 90.0 cm³/mol. The normalized spacial score (nSPS) is 19.5. The van der Waals surface area contributed by atoms with E-state index in [0.29, 0.717) is 6.04 Å². The fraction of sp³-hybridized carbons (Fsp3) is 0.438. The molecule has 1 aliphatic heterocycles. The second kappa shape index (κ2) is 6.46. The zero-order valence-corrected chi connectivity index (χ0v) is 14.6. The fourth-order valence-corrected chi connectivity index (χ4v) is 3.82. The lowest BCUT2D eigenvalue weighted by Crippen LogP contribution is -2.24. The van der Waals surface area contributed by atoms with Crippen LogP contribution < -0.4 is 10.1 Å². The van der Waals surface area contributed by atoms with Crippen LogP contribution in [0.2, 0.25) is 0 Å². The molecule has 0 spiro atoms. The zero-order chi connectivity index (χ0) is 14.8. The highest BCUT2D eigenvalue weighted by Gasteiger charge is 2.22. The number of hydrogen-bond donors (Lipinski definition) is 1. The minimum absolute atomic E-state index is 0.253. The molecule has 1 aliphatic rings. The summed E-state index contributed by atoms with van der Waals surface area (Å²) in [4.78, 5) is 4.59. The molecule has 1 aromatic heterocycles. The van der Waals surface area contributed by atoms with E-state index in [4.69, 9.17) is 4.74 Å². The van der Waals surface area contributed by atoms with Gasteiger partial charge in [0, 0.05) is 27.2 Å². The van der Waals surface area contributed by atoms with Gasteiger partial charge >= 0.3 is 0 Å². The molecule has 0 saturated carbocycles. The third-order valence-electron chi connectivity index (χ3n) is 3.70. The molecule has 3 rings (SSSR count). The first kappa shape index (κ1) is 15.0. The van der Waals surface area contributed by atoms with E-state index in [0.717, 1.165) is 40.4 Å². The van der Waals surface area contributed by atoms with E-state index in [2.05, 4.69) is 56.7 Å². The number of aromatic nitrogens is 1. The summed E-state index contributed by atoms with van der Waals surface area (Å²) in [6.07, 6.45) is 2.15. The van der Waals surface area contributed by atoms with Gasteiger partial charge in [-0.25, -0.2) is 4.98 Å². The van der Waals surface area contributed by atoms with Crippen molar-refractivity contribution in [2.45, 2.75) is 38.8 Å². The monoisotopic (exact) mass is 366 g/mol. The first-order chi connectivity index (χ1) is 10.1. The number of thiazole rings is 1. The van der Waals surface area contributed by atoms with Gasteiger partial charge in [0.1, 0.15) is 10.8 Å². The molecule has 2 heterocycles. The Kier molecular flexibility index (Phi) is 4.62. The first-order valence-corrected chi connectivity index (χ1v) is 8.91. The van der Waals surface area contributed by atoms with Crippen molar-refractivity contribution < 1.29 is 4.74 Å². The summed E-state index contributed by atoms with van der Waals surface area (Å²) >= 11 is 5.24. The number of nitrogens with zero attached hydrogens (tertiary/aromatic N) is 1. The summed E-state index contributed by atoms with van der Waals surface area (Å²) in [5.41, 5.74) is 2.34. The number of nitrogens with one attached hydrogen (secondary N) is 1. The third kappa shape index (κ3) is 3.47. The van der Waals surface area contributed by atoms with Gasteiger partial charge in [-0.3, -0.25) is 0 Å². The van der Waals surface area contributed by atoms with Crippen LogP contribution in [-0.4, -0.2) is 11.6 Å². The molecule has 112 valence electrons. The van der Waals surface area contributed by atoms with Gasteiger partial charge in [0.05, 0.1) is 12.6 Å². The van der Waals surface area contributed by atoms with Gasteiger partial charge in [0.2, 0.25) is 0 Å². The topological polar surface area (TPSA) is 34.1 Å². The second-order valence-electron chi connectivity index (χ2n) is 5.44. The molecule has 0 saturated heterocycles. The van der Waals surface area contributed by atoms with Crippen molar-refractivity contribution in [3.05, 3.63) is 44.3 Å². The van der Waals surface area contributed by atoms with Crippen molar-refractivity contribution in [3.8, 4) is 5.75 Å². The lowest BCUT2D eigenvalue weighted by Gasteiger charge is -2.22. The summed E-state index contributed by atoms with van der Waals surface area (Å²) in [5.74, 6) is 0.988. The van der Waals surface area contributed by atoms with Crippen LogP contribution >= 0.6 is 27.3 Å². The first-order valence-electron chi connectivity index (χ1n) is 7.24. The second-order valence-corrected chi connectivity index (χ2v) is 7.25. The van der Waals surface area contributed by atoms with Gasteiger partial charge in [-0.15, -0.1) is 11.3 Å². The smallest absolute Gasteiger partial charge is 0.125 e. The lowest BCUT2D eigenvalue weighted by atomic mass is 10.0. The van der Waals surface area contributed by atoms with Crippen molar-refractivity contribution in [2.75, 3.05) is 6.61 Å². The maximum absolute atomic E-state index is 5.87. The zero-order valence-electron chi connectivity index (χ0n) is 12.2. The van der Waals surface area contributed by atoms with Crippen LogP contribution in [-0.2, 0) is 0 Å². The molecule has 21 heavy (non-hydrogen) atoms. The van der Waals surface area contributed by atoms with Crippen LogP contribution in [0.4, 0.5) is 0 Å². The van der Waals surface area contributed by atoms with E-state index in [1.165, 1.54) is 5.56 Å². The number of hydrogen-bond acceptors (Lipinski definition) is 4. The predicted octanol–water partition coefficient (Wildman–Crippen LogP) is 4.78. The maximum Gasteiger partial charge on any atom is 0.125 e. The molecule has 1 aromatic carbocycles. The van der Waals surface area contributed by atoms with Crippen molar-refractivity contribution in [2.24, 2.45) is 0 Å². The average molecular weight is 367 g/mol. The number of halogens is 1. The van der Waals surface area contributed by atoms with Crippen LogP contribution in [0, 0.1) is 6.92 Å². The lowest BCUT2D eigenvalue weighted by molar-refractivity contribution is 0.314. The van der Waals surface area contributed by atoms with Crippen LogP contribution in [0.25, 0.3) is 0 Å². The summed E-state index contributed by atoms with van der Waals surface area (Å²) < 4.78 is 6.93. The number of benzene rings is 1. The van der Waals surface area contributed by atoms with E-state index in [9.17, 15) is 0 Å². The highest BCUT2D eigenvalue weighted by Crippen LogP contribution is 2.35. The number of fused-ring (bicyclic) bond motifs is 1. The molecule has 2 atom stereocenters. The maximum atomic E-state index is 5.87. The molecule has 2 unspecified atom stereocenters. The number of aryl methyl sites for hydroxylation is 1. The van der Waals surface area contributed by atoms with E-state index >= 15 is 0 Å². The molecule has 0 amide bonds. The molecular weight excluding hydrogens is 348 g/mol. The Hall–Kier alpha value is -0.910. The van der Waals surface area contributed by atoms with Crippen LogP contribution in [0.15, 0.2) is 28.1 Å². The molecule has 0 bridgehead atoms. The Balaban J connectivity index is 1.82. The molecule has 2 aromatic rings. The number of ether oxygens (including phenoxy) is 1. The highest BCUT2D eigenvalue weighted by atomic mass is 79.9. The van der Waals surface area contributed by atoms with Crippen molar-refractivity contribution >= 4 is 27.3 Å². The van der Waals surface area contributed by atoms with E-state index in [1.54, 1.807) is 11.3 Å². The minimum Gasteiger partial charge on any atom is -0.493 e. The third-order valence-corrected chi connectivity index (χ3v) is 5.34. The summed E-state index contributed by atoms with van der Waals surface area (Å²) in [6, 6.07) is 6.87. The standard InChI is InChI=1S/C16H19BrN2OS/c1-10-9-21-16(18-10)11(2)19-14-4-3-7-20-15-8-12(17)5-6-13(14)15/h5-6,8-9,11,14,19H,3-4,7H2,1-2H3. The van der Waals surface area contributed by atoms with Crippen molar-refractivity contribution in [3.63, 3.8) is 0 Å². The van der Waals surface area contributed by atoms with Gasteiger partial charge in [-0.1, -0.05) is 22.0 Å². The van der Waals surface area contributed by atoms with E-state index in [1.807, 2.05) is 6.92 Å². The molecule has 3 nitrogen and oxygen atoms in total. The number of rotatable bonds is 3. The van der Waals surface area contributed by atoms with Crippen LogP contribution in [0.1, 0.15) is 48.1 Å². The van der Waals surface area contributed by atoms with Crippen LogP contribution in [0.5, 0.6) is 5.75 Å². The quantitative estimate of drug-likeness (QED) is 0.848. The van der Waals surface area contributed by atoms with Crippen molar-refractivity contribution in [1.29, 1.82) is 0 Å². The Bertz CT molecular complexity index is 628. The molecule has 5 heteroatoms. The van der Waals surface area contributed by atoms with Gasteiger partial charge in [-0.05, 0) is 38.8 Å².